The summed E-state index contributed by atoms with van der Waals surface area (Å²) >= 11 is 0. The van der Waals surface area contributed by atoms with Gasteiger partial charge in [0, 0.05) is 18.3 Å². The van der Waals surface area contributed by atoms with Gasteiger partial charge in [0.15, 0.2) is 0 Å². The van der Waals surface area contributed by atoms with E-state index in [2.05, 4.69) is 32.0 Å². The summed E-state index contributed by atoms with van der Waals surface area (Å²) in [5.41, 5.74) is 0.624. The predicted molar refractivity (Wildman–Crippen MR) is 72.1 cm³/mol. The van der Waals surface area contributed by atoms with Crippen LogP contribution in [0.5, 0.6) is 0 Å². The molecule has 0 aliphatic rings. The Morgan fingerprint density at radius 2 is 2.06 bits per heavy atom. The average Bonchev–Trinajstić information content (AvgIpc) is 2.20. The zero-order valence-electron chi connectivity index (χ0n) is 10.4. The molecule has 2 heteroatoms. The van der Waals surface area contributed by atoms with Gasteiger partial charge in [-0.3, -0.25) is 4.99 Å². The van der Waals surface area contributed by atoms with Gasteiger partial charge in [-0.2, -0.15) is 0 Å². The quantitative estimate of drug-likeness (QED) is 0.285. The van der Waals surface area contributed by atoms with Crippen LogP contribution in [0.2, 0.25) is 0 Å². The van der Waals surface area contributed by atoms with E-state index in [1.54, 1.807) is 18.4 Å². The molecule has 90 valence electrons. The van der Waals surface area contributed by atoms with Gasteiger partial charge in [0.05, 0.1) is 0 Å². The van der Waals surface area contributed by atoms with Gasteiger partial charge in [0.2, 0.25) is 0 Å². The lowest BCUT2D eigenvalue weighted by Crippen LogP contribution is -1.92. The fourth-order valence-corrected chi connectivity index (χ4v) is 1.26. The van der Waals surface area contributed by atoms with Gasteiger partial charge < -0.3 is 5.11 Å². The maximum Gasteiger partial charge on any atom is 0.117 e. The van der Waals surface area contributed by atoms with Crippen LogP contribution >= 0.6 is 0 Å². The number of aliphatic imine (C=N–C) groups is 1. The highest BCUT2D eigenvalue weighted by atomic mass is 16.3. The number of aliphatic hydroxyl groups is 1. The number of hydrogen-bond acceptors (Lipinski definition) is 2. The first-order valence-corrected chi connectivity index (χ1v) is 5.78. The monoisotopic (exact) mass is 221 g/mol. The molecule has 0 saturated heterocycles. The molecule has 0 aromatic carbocycles. The van der Waals surface area contributed by atoms with Gasteiger partial charge >= 0.3 is 0 Å². The molecular weight excluding hydrogens is 198 g/mol. The summed E-state index contributed by atoms with van der Waals surface area (Å²) in [5.74, 6) is 0.795. The summed E-state index contributed by atoms with van der Waals surface area (Å²) in [7, 11) is 0. The molecule has 0 aromatic heterocycles. The van der Waals surface area contributed by atoms with Crippen molar-refractivity contribution in [2.24, 2.45) is 10.9 Å². The molecule has 0 atom stereocenters. The van der Waals surface area contributed by atoms with Crippen LogP contribution in [0.25, 0.3) is 0 Å². The minimum absolute atomic E-state index is 0.0332. The first kappa shape index (κ1) is 14.7. The Hall–Kier alpha value is -1.31. The third-order valence-corrected chi connectivity index (χ3v) is 2.18. The highest BCUT2D eigenvalue weighted by Gasteiger charge is 1.95. The van der Waals surface area contributed by atoms with Crippen LogP contribution < -0.4 is 0 Å². The van der Waals surface area contributed by atoms with Gasteiger partial charge in [-0.25, -0.2) is 0 Å². The van der Waals surface area contributed by atoms with Gasteiger partial charge in [-0.1, -0.05) is 52.0 Å². The van der Waals surface area contributed by atoms with Gasteiger partial charge in [0.1, 0.15) is 5.76 Å². The smallest absolute Gasteiger partial charge is 0.117 e. The van der Waals surface area contributed by atoms with E-state index in [9.17, 15) is 5.11 Å². The van der Waals surface area contributed by atoms with Gasteiger partial charge in [-0.05, 0) is 12.3 Å². The van der Waals surface area contributed by atoms with Crippen molar-refractivity contribution in [2.45, 2.75) is 33.1 Å². The Bertz CT molecular complexity index is 274. The zero-order valence-corrected chi connectivity index (χ0v) is 10.4. The van der Waals surface area contributed by atoms with Gasteiger partial charge in [0.25, 0.3) is 0 Å². The summed E-state index contributed by atoms with van der Waals surface area (Å²) in [4.78, 5) is 4.25. The topological polar surface area (TPSA) is 32.6 Å². The third-order valence-electron chi connectivity index (χ3n) is 2.18. The maximum absolute atomic E-state index is 9.22. The molecule has 0 fully saturated rings. The van der Waals surface area contributed by atoms with Crippen molar-refractivity contribution < 1.29 is 5.11 Å². The SMILES string of the molecule is C=C/C=C(/C=NCCCCC(C)C)C(=C)O. The average molecular weight is 221 g/mol. The number of aliphatic hydroxyl groups excluding tert-OH is 1. The van der Waals surface area contributed by atoms with Gasteiger partial charge in [-0.15, -0.1) is 0 Å². The molecule has 0 heterocycles. The second-order valence-corrected chi connectivity index (χ2v) is 4.23. The molecule has 0 aliphatic heterocycles. The van der Waals surface area contributed by atoms with E-state index in [1.165, 1.54) is 12.8 Å². The number of allylic oxidation sites excluding steroid dienone is 3. The fourth-order valence-electron chi connectivity index (χ4n) is 1.26. The Balaban J connectivity index is 3.85. The van der Waals surface area contributed by atoms with Crippen molar-refractivity contribution in [2.75, 3.05) is 6.54 Å². The Kier molecular flexibility index (Phi) is 8.22. The summed E-state index contributed by atoms with van der Waals surface area (Å²) in [6.45, 7) is 12.3. The number of nitrogens with zero attached hydrogens (tertiary/aromatic N) is 1. The number of hydrogen-bond donors (Lipinski definition) is 1. The molecule has 0 aromatic rings. The van der Waals surface area contributed by atoms with Crippen LogP contribution in [-0.2, 0) is 0 Å². The summed E-state index contributed by atoms with van der Waals surface area (Å²) in [5, 5.41) is 9.22. The molecule has 0 aliphatic carbocycles. The molecule has 2 nitrogen and oxygen atoms in total. The Morgan fingerprint density at radius 3 is 2.56 bits per heavy atom. The lowest BCUT2D eigenvalue weighted by atomic mass is 10.1. The molecular formula is C14H23NO. The van der Waals surface area contributed by atoms with E-state index in [0.717, 1.165) is 18.9 Å². The van der Waals surface area contributed by atoms with Crippen molar-refractivity contribution in [1.82, 2.24) is 0 Å². The second-order valence-electron chi connectivity index (χ2n) is 4.23. The summed E-state index contributed by atoms with van der Waals surface area (Å²) in [6.07, 6.45) is 8.50. The predicted octanol–water partition coefficient (Wildman–Crippen LogP) is 4.07. The molecule has 0 rings (SSSR count). The van der Waals surface area contributed by atoms with Crippen molar-refractivity contribution in [3.05, 3.63) is 36.6 Å². The van der Waals surface area contributed by atoms with E-state index in [1.807, 2.05) is 0 Å². The highest BCUT2D eigenvalue weighted by Crippen LogP contribution is 2.06. The zero-order chi connectivity index (χ0) is 12.4. The molecule has 16 heavy (non-hydrogen) atoms. The molecule has 0 saturated carbocycles. The van der Waals surface area contributed by atoms with Crippen molar-refractivity contribution in [1.29, 1.82) is 0 Å². The van der Waals surface area contributed by atoms with Crippen LogP contribution in [0.15, 0.2) is 41.6 Å². The standard InChI is InChI=1S/C14H23NO/c1-5-8-14(13(4)16)11-15-10-7-6-9-12(2)3/h5,8,11-12,16H,1,4,6-7,9-10H2,2-3H3/b14-8-,15-11?. The van der Waals surface area contributed by atoms with Crippen LogP contribution in [0.1, 0.15) is 33.1 Å². The van der Waals surface area contributed by atoms with Crippen LogP contribution in [0.4, 0.5) is 0 Å². The molecule has 0 unspecified atom stereocenters. The van der Waals surface area contributed by atoms with Crippen molar-refractivity contribution >= 4 is 6.21 Å². The van der Waals surface area contributed by atoms with Crippen LogP contribution in [0.3, 0.4) is 0 Å². The minimum Gasteiger partial charge on any atom is -0.508 e. The summed E-state index contributed by atoms with van der Waals surface area (Å²) in [6, 6.07) is 0. The first-order valence-electron chi connectivity index (χ1n) is 5.78. The van der Waals surface area contributed by atoms with E-state index < -0.39 is 0 Å². The van der Waals surface area contributed by atoms with Crippen molar-refractivity contribution in [3.63, 3.8) is 0 Å². The number of rotatable bonds is 8. The highest BCUT2D eigenvalue weighted by molar-refractivity contribution is 5.83. The van der Waals surface area contributed by atoms with E-state index in [4.69, 9.17) is 0 Å². The van der Waals surface area contributed by atoms with Crippen molar-refractivity contribution in [3.8, 4) is 0 Å². The molecule has 0 radical (unpaired) electrons. The Morgan fingerprint density at radius 1 is 1.38 bits per heavy atom. The second kappa shape index (κ2) is 8.96. The van der Waals surface area contributed by atoms with Crippen LogP contribution in [-0.4, -0.2) is 17.9 Å². The molecule has 0 amide bonds. The summed E-state index contributed by atoms with van der Waals surface area (Å²) < 4.78 is 0. The fraction of sp³-hybridized carbons (Fsp3) is 0.500. The number of unbranched alkanes of at least 4 members (excludes halogenated alkanes) is 1. The normalized spacial score (nSPS) is 12.3. The molecule has 1 N–H and O–H groups in total. The van der Waals surface area contributed by atoms with E-state index >= 15 is 0 Å². The molecule has 0 spiro atoms. The lowest BCUT2D eigenvalue weighted by Gasteiger charge is -2.02. The largest absolute Gasteiger partial charge is 0.508 e. The Labute approximate surface area is 99.1 Å². The van der Waals surface area contributed by atoms with E-state index in [-0.39, 0.29) is 5.76 Å². The van der Waals surface area contributed by atoms with Crippen LogP contribution in [0, 0.1) is 5.92 Å². The maximum atomic E-state index is 9.22. The first-order chi connectivity index (χ1) is 7.57. The minimum atomic E-state index is 0.0332. The lowest BCUT2D eigenvalue weighted by molar-refractivity contribution is 0.431. The van der Waals surface area contributed by atoms with E-state index in [0.29, 0.717) is 5.57 Å². The third kappa shape index (κ3) is 8.04. The molecule has 0 bridgehead atoms.